The molecule has 1 amide bonds. The maximum absolute atomic E-state index is 13.5. The lowest BCUT2D eigenvalue weighted by molar-refractivity contribution is -0.139. The van der Waals surface area contributed by atoms with Gasteiger partial charge in [0.2, 0.25) is 0 Å². The average molecular weight is 409 g/mol. The maximum atomic E-state index is 13.5. The first-order chi connectivity index (χ1) is 13.3. The van der Waals surface area contributed by atoms with E-state index in [2.05, 4.69) is 11.8 Å². The molecule has 150 valence electrons. The zero-order chi connectivity index (χ0) is 20.3. The van der Waals surface area contributed by atoms with Crippen LogP contribution in [0, 0.1) is 11.6 Å². The van der Waals surface area contributed by atoms with E-state index in [1.807, 2.05) is 6.92 Å². The molecule has 28 heavy (non-hydrogen) atoms. The summed E-state index contributed by atoms with van der Waals surface area (Å²) in [5.74, 6) is -0.703. The molecule has 0 bridgehead atoms. The molecule has 2 atom stereocenters. The summed E-state index contributed by atoms with van der Waals surface area (Å²) in [5, 5.41) is 0.0124. The molecule has 2 aromatic carbocycles. The Kier molecular flexibility index (Phi) is 6.52. The Hall–Kier alpha value is -2.18. The molecule has 2 aromatic rings. The van der Waals surface area contributed by atoms with Gasteiger partial charge in [0.15, 0.2) is 6.61 Å². The monoisotopic (exact) mass is 408 g/mol. The summed E-state index contributed by atoms with van der Waals surface area (Å²) < 4.78 is 32.0. The fraction of sp³-hybridized carbons (Fsp3) is 0.381. The summed E-state index contributed by atoms with van der Waals surface area (Å²) in [6.45, 7) is 5.87. The second kappa shape index (κ2) is 8.88. The van der Waals surface area contributed by atoms with Crippen LogP contribution in [0.15, 0.2) is 42.5 Å². The quantitative estimate of drug-likeness (QED) is 0.746. The lowest BCUT2D eigenvalue weighted by Crippen LogP contribution is -2.58. The van der Waals surface area contributed by atoms with Gasteiger partial charge in [-0.25, -0.2) is 8.78 Å². The van der Waals surface area contributed by atoms with Crippen molar-refractivity contribution in [2.75, 3.05) is 19.7 Å². The van der Waals surface area contributed by atoms with Crippen molar-refractivity contribution in [3.63, 3.8) is 0 Å². The van der Waals surface area contributed by atoms with Gasteiger partial charge in [-0.3, -0.25) is 9.69 Å². The zero-order valence-corrected chi connectivity index (χ0v) is 16.6. The fourth-order valence-corrected chi connectivity index (χ4v) is 3.50. The highest BCUT2D eigenvalue weighted by atomic mass is 35.5. The number of amides is 1. The number of ether oxygens (including phenoxy) is 1. The Bertz CT molecular complexity index is 832. The van der Waals surface area contributed by atoms with Gasteiger partial charge >= 0.3 is 0 Å². The molecule has 4 nitrogen and oxygen atoms in total. The van der Waals surface area contributed by atoms with Crippen LogP contribution in [0.4, 0.5) is 8.78 Å². The normalized spacial score (nSPS) is 20.2. The average Bonchev–Trinajstić information content (AvgIpc) is 2.67. The minimum atomic E-state index is -0.581. The molecule has 7 heteroatoms. The molecule has 0 aliphatic carbocycles. The SMILES string of the molecule is CC1CN(C(=O)COc2ccc(Cl)c(F)c2)C(C)CN1Cc1ccc(F)cc1. The molecule has 0 spiro atoms. The van der Waals surface area contributed by atoms with E-state index in [1.165, 1.54) is 30.3 Å². The second-order valence-electron chi connectivity index (χ2n) is 7.16. The van der Waals surface area contributed by atoms with Gasteiger partial charge in [-0.15, -0.1) is 0 Å². The predicted octanol–water partition coefficient (Wildman–Crippen LogP) is 4.12. The summed E-state index contributed by atoms with van der Waals surface area (Å²) >= 11 is 5.65. The van der Waals surface area contributed by atoms with E-state index in [1.54, 1.807) is 17.0 Å². The molecule has 0 N–H and O–H groups in total. The van der Waals surface area contributed by atoms with Crippen LogP contribution >= 0.6 is 11.6 Å². The van der Waals surface area contributed by atoms with Gasteiger partial charge in [0.25, 0.3) is 5.91 Å². The van der Waals surface area contributed by atoms with Gasteiger partial charge in [0.05, 0.1) is 5.02 Å². The first-order valence-electron chi connectivity index (χ1n) is 9.19. The van der Waals surface area contributed by atoms with Crippen molar-refractivity contribution in [1.29, 1.82) is 0 Å². The largest absolute Gasteiger partial charge is 0.484 e. The lowest BCUT2D eigenvalue weighted by Gasteiger charge is -2.44. The summed E-state index contributed by atoms with van der Waals surface area (Å²) in [4.78, 5) is 16.7. The minimum absolute atomic E-state index is 0.00898. The molecule has 1 heterocycles. The Morgan fingerprint density at radius 2 is 1.82 bits per heavy atom. The van der Waals surface area contributed by atoms with Crippen molar-refractivity contribution in [2.24, 2.45) is 0 Å². The van der Waals surface area contributed by atoms with Crippen LogP contribution in [-0.2, 0) is 11.3 Å². The summed E-state index contributed by atoms with van der Waals surface area (Å²) in [7, 11) is 0. The number of hydrogen-bond acceptors (Lipinski definition) is 3. The molecule has 0 radical (unpaired) electrons. The minimum Gasteiger partial charge on any atom is -0.484 e. The van der Waals surface area contributed by atoms with Gasteiger partial charge in [0.1, 0.15) is 17.4 Å². The van der Waals surface area contributed by atoms with Gasteiger partial charge in [-0.1, -0.05) is 23.7 Å². The number of carbonyl (C=O) groups is 1. The third-order valence-electron chi connectivity index (χ3n) is 4.99. The first kappa shape index (κ1) is 20.6. The van der Waals surface area contributed by atoms with Crippen molar-refractivity contribution in [1.82, 2.24) is 9.80 Å². The topological polar surface area (TPSA) is 32.8 Å². The van der Waals surface area contributed by atoms with Crippen LogP contribution in [0.5, 0.6) is 5.75 Å². The predicted molar refractivity (Wildman–Crippen MR) is 104 cm³/mol. The number of nitrogens with zero attached hydrogens (tertiary/aromatic N) is 2. The number of benzene rings is 2. The van der Waals surface area contributed by atoms with Crippen LogP contribution < -0.4 is 4.74 Å². The van der Waals surface area contributed by atoms with E-state index in [4.69, 9.17) is 16.3 Å². The van der Waals surface area contributed by atoms with Crippen molar-refractivity contribution in [2.45, 2.75) is 32.5 Å². The van der Waals surface area contributed by atoms with Crippen molar-refractivity contribution >= 4 is 17.5 Å². The molecule has 0 aromatic heterocycles. The van der Waals surface area contributed by atoms with Crippen LogP contribution in [0.3, 0.4) is 0 Å². The number of rotatable bonds is 5. The number of hydrogen-bond donors (Lipinski definition) is 0. The third kappa shape index (κ3) is 5.00. The highest BCUT2D eigenvalue weighted by Crippen LogP contribution is 2.22. The van der Waals surface area contributed by atoms with E-state index in [0.29, 0.717) is 19.6 Å². The molecule has 1 aliphatic heterocycles. The first-order valence-corrected chi connectivity index (χ1v) is 9.57. The second-order valence-corrected chi connectivity index (χ2v) is 7.57. The summed E-state index contributed by atoms with van der Waals surface area (Å²) in [6, 6.07) is 10.7. The molecule has 1 fully saturated rings. The number of halogens is 3. The molecule has 3 rings (SSSR count). The Labute approximate surface area is 168 Å². The van der Waals surface area contributed by atoms with Gasteiger partial charge in [-0.05, 0) is 43.7 Å². The van der Waals surface area contributed by atoms with Crippen LogP contribution in [-0.4, -0.2) is 47.5 Å². The molecule has 1 saturated heterocycles. The van der Waals surface area contributed by atoms with E-state index >= 15 is 0 Å². The van der Waals surface area contributed by atoms with E-state index in [-0.39, 0.29) is 41.2 Å². The lowest BCUT2D eigenvalue weighted by atomic mass is 10.1. The molecular weight excluding hydrogens is 386 g/mol. The summed E-state index contributed by atoms with van der Waals surface area (Å²) in [6.07, 6.45) is 0. The van der Waals surface area contributed by atoms with Crippen LogP contribution in [0.1, 0.15) is 19.4 Å². The molecule has 0 saturated carbocycles. The molecule has 1 aliphatic rings. The fourth-order valence-electron chi connectivity index (χ4n) is 3.38. The number of piperazine rings is 1. The number of carbonyl (C=O) groups excluding carboxylic acids is 1. The van der Waals surface area contributed by atoms with Crippen molar-refractivity contribution in [3.05, 3.63) is 64.7 Å². The highest BCUT2D eigenvalue weighted by molar-refractivity contribution is 6.30. The van der Waals surface area contributed by atoms with Crippen LogP contribution in [0.25, 0.3) is 0 Å². The Morgan fingerprint density at radius 3 is 2.50 bits per heavy atom. The maximum Gasteiger partial charge on any atom is 0.260 e. The Balaban J connectivity index is 1.56. The zero-order valence-electron chi connectivity index (χ0n) is 15.9. The van der Waals surface area contributed by atoms with Crippen LogP contribution in [0.2, 0.25) is 5.02 Å². The van der Waals surface area contributed by atoms with E-state index in [0.717, 1.165) is 5.56 Å². The Morgan fingerprint density at radius 1 is 1.11 bits per heavy atom. The third-order valence-corrected chi connectivity index (χ3v) is 5.29. The van der Waals surface area contributed by atoms with E-state index < -0.39 is 5.82 Å². The molecular formula is C21H23ClF2N2O2. The highest BCUT2D eigenvalue weighted by Gasteiger charge is 2.32. The van der Waals surface area contributed by atoms with Crippen molar-refractivity contribution in [3.8, 4) is 5.75 Å². The molecule has 2 unspecified atom stereocenters. The van der Waals surface area contributed by atoms with Gasteiger partial charge in [0, 0.05) is 37.8 Å². The van der Waals surface area contributed by atoms with Crippen molar-refractivity contribution < 1.29 is 18.3 Å². The standard InChI is InChI=1S/C21H23ClF2N2O2/c1-14-11-26(21(27)13-28-18-7-8-19(22)20(24)9-18)15(2)10-25(14)12-16-3-5-17(23)6-4-16/h3-9,14-15H,10-13H2,1-2H3. The van der Waals surface area contributed by atoms with Gasteiger partial charge in [-0.2, -0.15) is 0 Å². The smallest absolute Gasteiger partial charge is 0.260 e. The van der Waals surface area contributed by atoms with Gasteiger partial charge < -0.3 is 9.64 Å². The van der Waals surface area contributed by atoms with E-state index in [9.17, 15) is 13.6 Å². The summed E-state index contributed by atoms with van der Waals surface area (Å²) in [5.41, 5.74) is 1.04.